The number of amides is 1. The lowest BCUT2D eigenvalue weighted by Crippen LogP contribution is -2.11. The molecular weight excluding hydrogens is 342 g/mol. The van der Waals surface area contributed by atoms with Crippen molar-refractivity contribution in [2.24, 2.45) is 0 Å². The minimum absolute atomic E-state index is 0.248. The predicted octanol–water partition coefficient (Wildman–Crippen LogP) is 4.94. The Labute approximate surface area is 146 Å². The number of hydrogen-bond donors (Lipinski definition) is 2. The van der Waals surface area contributed by atoms with Crippen molar-refractivity contribution >= 4 is 61.3 Å². The van der Waals surface area contributed by atoms with Gasteiger partial charge in [-0.05, 0) is 36.4 Å². The summed E-state index contributed by atoms with van der Waals surface area (Å²) in [6.07, 6.45) is 0. The molecule has 6 heteroatoms. The van der Waals surface area contributed by atoms with Crippen LogP contribution < -0.4 is 11.1 Å². The monoisotopic (exact) mass is 353 g/mol. The van der Waals surface area contributed by atoms with Gasteiger partial charge in [-0.3, -0.25) is 4.79 Å². The lowest BCUT2D eigenvalue weighted by Gasteiger charge is -2.04. The fraction of sp³-hybridized carbons (Fsp3) is 0. The third-order valence-electron chi connectivity index (χ3n) is 3.73. The van der Waals surface area contributed by atoms with Gasteiger partial charge in [-0.15, -0.1) is 11.3 Å². The molecule has 3 N–H and O–H groups in total. The molecule has 4 aromatic rings. The number of para-hydroxylation sites is 1. The maximum atomic E-state index is 12.5. The summed E-state index contributed by atoms with van der Waals surface area (Å²) in [6.45, 7) is 0. The molecule has 0 aliphatic heterocycles. The molecule has 0 aliphatic carbocycles. The van der Waals surface area contributed by atoms with Gasteiger partial charge in [0.1, 0.15) is 9.71 Å². The molecule has 2 heterocycles. The number of pyridine rings is 1. The smallest absolute Gasteiger partial charge is 0.267 e. The molecule has 4 nitrogen and oxygen atoms in total. The fourth-order valence-electron chi connectivity index (χ4n) is 2.53. The van der Waals surface area contributed by atoms with Gasteiger partial charge in [0, 0.05) is 21.5 Å². The molecule has 0 spiro atoms. The van der Waals surface area contributed by atoms with Crippen LogP contribution in [0.25, 0.3) is 21.1 Å². The Kier molecular flexibility index (Phi) is 3.59. The van der Waals surface area contributed by atoms with Crippen LogP contribution in [0.15, 0.2) is 54.6 Å². The van der Waals surface area contributed by atoms with Gasteiger partial charge in [0.2, 0.25) is 0 Å². The minimum Gasteiger partial charge on any atom is -0.397 e. The highest BCUT2D eigenvalue weighted by molar-refractivity contribution is 7.21. The van der Waals surface area contributed by atoms with Crippen LogP contribution >= 0.6 is 22.9 Å². The van der Waals surface area contributed by atoms with Crippen LogP contribution in [0.1, 0.15) is 9.67 Å². The third kappa shape index (κ3) is 2.58. The summed E-state index contributed by atoms with van der Waals surface area (Å²) in [7, 11) is 0. The number of aromatic nitrogens is 1. The van der Waals surface area contributed by atoms with E-state index >= 15 is 0 Å². The molecule has 0 radical (unpaired) electrons. The molecule has 24 heavy (non-hydrogen) atoms. The first-order valence-corrected chi connectivity index (χ1v) is 8.46. The lowest BCUT2D eigenvalue weighted by molar-refractivity contribution is 0.103. The molecule has 0 bridgehead atoms. The van der Waals surface area contributed by atoms with Gasteiger partial charge >= 0.3 is 0 Å². The van der Waals surface area contributed by atoms with Gasteiger partial charge in [0.05, 0.1) is 11.2 Å². The Hall–Kier alpha value is -2.63. The Morgan fingerprint density at radius 1 is 1.12 bits per heavy atom. The second kappa shape index (κ2) is 5.78. The van der Waals surface area contributed by atoms with E-state index in [9.17, 15) is 4.79 Å². The lowest BCUT2D eigenvalue weighted by atomic mass is 10.1. The standard InChI is InChI=1S/C18H12ClN3OS/c19-11-5-7-12(8-6-11)21-17(23)16-15(20)13-9-10-3-1-2-4-14(10)22-18(13)24-16/h1-9H,20H2,(H,21,23). The molecule has 118 valence electrons. The Balaban J connectivity index is 1.75. The van der Waals surface area contributed by atoms with E-state index in [0.29, 0.717) is 21.3 Å². The van der Waals surface area contributed by atoms with E-state index in [-0.39, 0.29) is 5.91 Å². The summed E-state index contributed by atoms with van der Waals surface area (Å²) >= 11 is 7.15. The van der Waals surface area contributed by atoms with Crippen molar-refractivity contribution in [3.05, 3.63) is 64.5 Å². The molecule has 2 aromatic carbocycles. The van der Waals surface area contributed by atoms with Crippen molar-refractivity contribution < 1.29 is 4.79 Å². The molecule has 0 fully saturated rings. The largest absolute Gasteiger partial charge is 0.397 e. The summed E-state index contributed by atoms with van der Waals surface area (Å²) in [5.74, 6) is -0.248. The summed E-state index contributed by atoms with van der Waals surface area (Å²) in [4.78, 5) is 18.4. The highest BCUT2D eigenvalue weighted by atomic mass is 35.5. The number of thiophene rings is 1. The Morgan fingerprint density at radius 3 is 2.67 bits per heavy atom. The van der Waals surface area contributed by atoms with E-state index in [4.69, 9.17) is 17.3 Å². The van der Waals surface area contributed by atoms with Gasteiger partial charge in [-0.1, -0.05) is 29.8 Å². The van der Waals surface area contributed by atoms with E-state index in [0.717, 1.165) is 21.1 Å². The van der Waals surface area contributed by atoms with Crippen molar-refractivity contribution in [3.8, 4) is 0 Å². The zero-order valence-corrected chi connectivity index (χ0v) is 14.0. The van der Waals surface area contributed by atoms with Crippen molar-refractivity contribution in [1.29, 1.82) is 0 Å². The maximum absolute atomic E-state index is 12.5. The van der Waals surface area contributed by atoms with E-state index in [1.54, 1.807) is 24.3 Å². The van der Waals surface area contributed by atoms with Crippen LogP contribution in [0, 0.1) is 0 Å². The second-order valence-corrected chi connectivity index (χ2v) is 6.78. The first kappa shape index (κ1) is 14.9. The van der Waals surface area contributed by atoms with E-state index < -0.39 is 0 Å². The number of fused-ring (bicyclic) bond motifs is 2. The zero-order valence-electron chi connectivity index (χ0n) is 12.4. The molecule has 0 aliphatic rings. The molecule has 0 saturated carbocycles. The topological polar surface area (TPSA) is 68.0 Å². The molecule has 4 rings (SSSR count). The highest BCUT2D eigenvalue weighted by Gasteiger charge is 2.18. The van der Waals surface area contributed by atoms with Gasteiger partial charge in [-0.25, -0.2) is 4.98 Å². The number of rotatable bonds is 2. The van der Waals surface area contributed by atoms with Crippen molar-refractivity contribution in [3.63, 3.8) is 0 Å². The van der Waals surface area contributed by atoms with E-state index in [1.807, 2.05) is 30.3 Å². The van der Waals surface area contributed by atoms with Crippen LogP contribution in [0.5, 0.6) is 0 Å². The van der Waals surface area contributed by atoms with Crippen LogP contribution in [0.3, 0.4) is 0 Å². The van der Waals surface area contributed by atoms with Crippen molar-refractivity contribution in [2.75, 3.05) is 11.1 Å². The summed E-state index contributed by atoms with van der Waals surface area (Å²) in [6, 6.07) is 16.7. The third-order valence-corrected chi connectivity index (χ3v) is 5.10. The number of anilines is 2. The van der Waals surface area contributed by atoms with Gasteiger partial charge in [0.25, 0.3) is 5.91 Å². The van der Waals surface area contributed by atoms with Gasteiger partial charge in [0.15, 0.2) is 0 Å². The number of nitrogens with two attached hydrogens (primary N) is 1. The maximum Gasteiger partial charge on any atom is 0.267 e. The quantitative estimate of drug-likeness (QED) is 0.536. The number of hydrogen-bond acceptors (Lipinski definition) is 4. The number of nitrogens with zero attached hydrogens (tertiary/aromatic N) is 1. The number of nitrogen functional groups attached to an aromatic ring is 1. The average molecular weight is 354 g/mol. The van der Waals surface area contributed by atoms with Crippen LogP contribution in [0.2, 0.25) is 5.02 Å². The number of halogens is 1. The summed E-state index contributed by atoms with van der Waals surface area (Å²) in [5, 5.41) is 5.25. The minimum atomic E-state index is -0.248. The molecule has 1 amide bonds. The number of carbonyl (C=O) groups is 1. The Bertz CT molecular complexity index is 1070. The second-order valence-electron chi connectivity index (χ2n) is 5.34. The van der Waals surface area contributed by atoms with Crippen LogP contribution in [-0.2, 0) is 0 Å². The summed E-state index contributed by atoms with van der Waals surface area (Å²) in [5.41, 5.74) is 8.21. The van der Waals surface area contributed by atoms with Crippen molar-refractivity contribution in [1.82, 2.24) is 4.98 Å². The highest BCUT2D eigenvalue weighted by Crippen LogP contribution is 2.34. The first-order valence-electron chi connectivity index (χ1n) is 7.26. The first-order chi connectivity index (χ1) is 11.6. The van der Waals surface area contributed by atoms with E-state index in [2.05, 4.69) is 10.3 Å². The number of benzene rings is 2. The van der Waals surface area contributed by atoms with Crippen LogP contribution in [0.4, 0.5) is 11.4 Å². The average Bonchev–Trinajstić information content (AvgIpc) is 2.91. The van der Waals surface area contributed by atoms with Gasteiger partial charge < -0.3 is 11.1 Å². The molecule has 0 unspecified atom stereocenters. The molecule has 0 saturated heterocycles. The fourth-order valence-corrected chi connectivity index (χ4v) is 3.64. The van der Waals surface area contributed by atoms with E-state index in [1.165, 1.54) is 11.3 Å². The number of nitrogens with one attached hydrogen (secondary N) is 1. The van der Waals surface area contributed by atoms with Crippen LogP contribution in [-0.4, -0.2) is 10.9 Å². The molecule has 0 atom stereocenters. The number of carbonyl (C=O) groups excluding carboxylic acids is 1. The predicted molar refractivity (Wildman–Crippen MR) is 101 cm³/mol. The normalized spacial score (nSPS) is 11.0. The molecule has 2 aromatic heterocycles. The summed E-state index contributed by atoms with van der Waals surface area (Å²) < 4.78 is 0. The zero-order chi connectivity index (χ0) is 16.7. The van der Waals surface area contributed by atoms with Crippen molar-refractivity contribution in [2.45, 2.75) is 0 Å². The SMILES string of the molecule is Nc1c(C(=O)Nc2ccc(Cl)cc2)sc2nc3ccccc3cc12. The Morgan fingerprint density at radius 2 is 1.88 bits per heavy atom. The van der Waals surface area contributed by atoms with Gasteiger partial charge in [-0.2, -0.15) is 0 Å². The molecular formula is C18H12ClN3OS.